The summed E-state index contributed by atoms with van der Waals surface area (Å²) in [6, 6.07) is 0.232. The zero-order chi connectivity index (χ0) is 9.68. The minimum Gasteiger partial charge on any atom is -0.254 e. The van der Waals surface area contributed by atoms with Crippen LogP contribution < -0.4 is 5.73 Å². The molecule has 1 saturated carbocycles. The van der Waals surface area contributed by atoms with Crippen molar-refractivity contribution in [3.05, 3.63) is 0 Å². The van der Waals surface area contributed by atoms with Crippen molar-refractivity contribution in [3.63, 3.8) is 0 Å². The highest BCUT2D eigenvalue weighted by Gasteiger charge is 2.21. The maximum atomic E-state index is 8.10. The van der Waals surface area contributed by atoms with Crippen molar-refractivity contribution < 1.29 is 0 Å². The lowest BCUT2D eigenvalue weighted by Crippen LogP contribution is -2.26. The Morgan fingerprint density at radius 3 is 2.38 bits per heavy atom. The minimum absolute atomic E-state index is 0.232. The molecule has 0 aromatic heterocycles. The van der Waals surface area contributed by atoms with Gasteiger partial charge in [-0.25, -0.2) is 0 Å². The summed E-state index contributed by atoms with van der Waals surface area (Å²) in [4.78, 5) is 0. The van der Waals surface area contributed by atoms with Crippen LogP contribution in [0.25, 0.3) is 0 Å². The Bertz CT molecular complexity index is 127. The van der Waals surface area contributed by atoms with Gasteiger partial charge < -0.3 is 0 Å². The lowest BCUT2D eigenvalue weighted by molar-refractivity contribution is 0.266. The average Bonchev–Trinajstić information content (AvgIpc) is 2.19. The molecule has 0 saturated heterocycles. The summed E-state index contributed by atoms with van der Waals surface area (Å²) < 4.78 is 0. The van der Waals surface area contributed by atoms with Gasteiger partial charge in [0.15, 0.2) is 0 Å². The molecule has 0 aliphatic heterocycles. The molecule has 1 N–H and O–H groups in total. The van der Waals surface area contributed by atoms with E-state index in [0.717, 1.165) is 18.3 Å². The van der Waals surface area contributed by atoms with Crippen molar-refractivity contribution in [2.24, 2.45) is 11.8 Å². The monoisotopic (exact) mass is 182 g/mol. The highest BCUT2D eigenvalue weighted by atomic mass is 14.7. The maximum Gasteiger partial charge on any atom is 0.0243 e. The van der Waals surface area contributed by atoms with Crippen LogP contribution in [0, 0.1) is 11.8 Å². The predicted octanol–water partition coefficient (Wildman–Crippen LogP) is 3.65. The number of hydrogen-bond acceptors (Lipinski definition) is 0. The van der Waals surface area contributed by atoms with Crippen LogP contribution in [0.15, 0.2) is 0 Å². The van der Waals surface area contributed by atoms with Gasteiger partial charge in [0.1, 0.15) is 0 Å². The molecule has 1 heteroatoms. The molecule has 0 aromatic carbocycles. The summed E-state index contributed by atoms with van der Waals surface area (Å²) in [5.41, 5.74) is 8.10. The van der Waals surface area contributed by atoms with Gasteiger partial charge in [-0.3, -0.25) is 5.73 Å². The molecule has 0 bridgehead atoms. The first kappa shape index (κ1) is 11.0. The molecular formula is C12H24N. The van der Waals surface area contributed by atoms with Gasteiger partial charge in [-0.1, -0.05) is 39.5 Å². The molecule has 13 heavy (non-hydrogen) atoms. The summed E-state index contributed by atoms with van der Waals surface area (Å²) in [5.74, 6) is 1.48. The molecule has 2 unspecified atom stereocenters. The fourth-order valence-electron chi connectivity index (χ4n) is 2.33. The van der Waals surface area contributed by atoms with Gasteiger partial charge in [0, 0.05) is 6.04 Å². The van der Waals surface area contributed by atoms with Crippen LogP contribution in [-0.2, 0) is 0 Å². The third kappa shape index (κ3) is 3.68. The molecule has 1 radical (unpaired) electrons. The van der Waals surface area contributed by atoms with Gasteiger partial charge in [-0.05, 0) is 31.1 Å². The van der Waals surface area contributed by atoms with Gasteiger partial charge in [0.2, 0.25) is 0 Å². The second-order valence-corrected chi connectivity index (χ2v) is 4.75. The summed E-state index contributed by atoms with van der Waals surface area (Å²) in [6.07, 6.45) is 9.17. The molecule has 1 aliphatic rings. The Kier molecular flexibility index (Phi) is 4.79. The Morgan fingerprint density at radius 1 is 1.23 bits per heavy atom. The number of nitrogens with one attached hydrogen (secondary N) is 1. The first-order chi connectivity index (χ1) is 6.24. The van der Waals surface area contributed by atoms with Crippen molar-refractivity contribution in [2.75, 3.05) is 0 Å². The molecule has 1 fully saturated rings. The number of rotatable bonds is 4. The van der Waals surface area contributed by atoms with E-state index in [1.807, 2.05) is 0 Å². The molecule has 0 spiro atoms. The van der Waals surface area contributed by atoms with E-state index < -0.39 is 0 Å². The highest BCUT2D eigenvalue weighted by Crippen LogP contribution is 2.29. The van der Waals surface area contributed by atoms with Gasteiger partial charge in [0.05, 0.1) is 0 Å². The standard InChI is InChI=1S/C12H24N/c1-3-10(2)9-12(13)11-7-5-4-6-8-11/h10-13H,3-9H2,1-2H3. The van der Waals surface area contributed by atoms with Gasteiger partial charge >= 0.3 is 0 Å². The van der Waals surface area contributed by atoms with Gasteiger partial charge in [0.25, 0.3) is 0 Å². The first-order valence-electron chi connectivity index (χ1n) is 5.95. The summed E-state index contributed by atoms with van der Waals surface area (Å²) in [7, 11) is 0. The van der Waals surface area contributed by atoms with E-state index in [2.05, 4.69) is 13.8 Å². The smallest absolute Gasteiger partial charge is 0.0243 e. The Balaban J connectivity index is 2.24. The lowest BCUT2D eigenvalue weighted by atomic mass is 9.81. The van der Waals surface area contributed by atoms with Crippen LogP contribution in [0.2, 0.25) is 0 Å². The van der Waals surface area contributed by atoms with Gasteiger partial charge in [-0.2, -0.15) is 0 Å². The van der Waals surface area contributed by atoms with Crippen molar-refractivity contribution >= 4 is 0 Å². The van der Waals surface area contributed by atoms with Crippen molar-refractivity contribution in [1.82, 2.24) is 5.73 Å². The zero-order valence-corrected chi connectivity index (χ0v) is 9.18. The van der Waals surface area contributed by atoms with E-state index in [1.165, 1.54) is 38.5 Å². The lowest BCUT2D eigenvalue weighted by Gasteiger charge is -2.28. The largest absolute Gasteiger partial charge is 0.254 e. The van der Waals surface area contributed by atoms with E-state index >= 15 is 0 Å². The molecule has 0 aromatic rings. The molecule has 77 valence electrons. The van der Waals surface area contributed by atoms with Crippen LogP contribution >= 0.6 is 0 Å². The van der Waals surface area contributed by atoms with Crippen molar-refractivity contribution in [3.8, 4) is 0 Å². The number of hydrogen-bond donors (Lipinski definition) is 0. The van der Waals surface area contributed by atoms with Gasteiger partial charge in [-0.15, -0.1) is 0 Å². The van der Waals surface area contributed by atoms with E-state index in [9.17, 15) is 0 Å². The second kappa shape index (κ2) is 5.64. The van der Waals surface area contributed by atoms with Crippen LogP contribution in [0.4, 0.5) is 0 Å². The fraction of sp³-hybridized carbons (Fsp3) is 1.00. The third-order valence-corrected chi connectivity index (χ3v) is 3.57. The fourth-order valence-corrected chi connectivity index (χ4v) is 2.33. The average molecular weight is 182 g/mol. The molecule has 2 atom stereocenters. The molecule has 0 amide bonds. The SMILES string of the molecule is CCC(C)CC([NH])C1CCCCC1. The van der Waals surface area contributed by atoms with Crippen LogP contribution in [0.5, 0.6) is 0 Å². The van der Waals surface area contributed by atoms with Crippen molar-refractivity contribution in [1.29, 1.82) is 0 Å². The van der Waals surface area contributed by atoms with E-state index in [4.69, 9.17) is 5.73 Å². The molecule has 1 nitrogen and oxygen atoms in total. The quantitative estimate of drug-likeness (QED) is 0.633. The zero-order valence-electron chi connectivity index (χ0n) is 9.18. The topological polar surface area (TPSA) is 23.8 Å². The normalized spacial score (nSPS) is 24.2. The molecule has 1 aliphatic carbocycles. The summed E-state index contributed by atoms with van der Waals surface area (Å²) in [5, 5.41) is 0. The van der Waals surface area contributed by atoms with Crippen LogP contribution in [-0.4, -0.2) is 6.04 Å². The Labute approximate surface area is 83.1 Å². The predicted molar refractivity (Wildman–Crippen MR) is 57.5 cm³/mol. The molecule has 1 rings (SSSR count). The maximum absolute atomic E-state index is 8.10. The second-order valence-electron chi connectivity index (χ2n) is 4.75. The van der Waals surface area contributed by atoms with E-state index in [0.29, 0.717) is 0 Å². The first-order valence-corrected chi connectivity index (χ1v) is 5.95. The highest BCUT2D eigenvalue weighted by molar-refractivity contribution is 4.77. The summed E-state index contributed by atoms with van der Waals surface area (Å²) in [6.45, 7) is 4.52. The van der Waals surface area contributed by atoms with E-state index in [-0.39, 0.29) is 6.04 Å². The Morgan fingerprint density at radius 2 is 1.85 bits per heavy atom. The summed E-state index contributed by atoms with van der Waals surface area (Å²) >= 11 is 0. The molecular weight excluding hydrogens is 158 g/mol. The van der Waals surface area contributed by atoms with Crippen LogP contribution in [0.3, 0.4) is 0 Å². The Hall–Kier alpha value is -0.0400. The minimum atomic E-state index is 0.232. The van der Waals surface area contributed by atoms with Crippen molar-refractivity contribution in [2.45, 2.75) is 64.8 Å². The van der Waals surface area contributed by atoms with E-state index in [1.54, 1.807) is 0 Å². The van der Waals surface area contributed by atoms with Crippen LogP contribution in [0.1, 0.15) is 58.8 Å². The molecule has 0 heterocycles. The third-order valence-electron chi connectivity index (χ3n) is 3.57.